The number of nitrogens with zero attached hydrogens (tertiary/aromatic N) is 3. The molecule has 11 heteroatoms. The van der Waals surface area contributed by atoms with Crippen molar-refractivity contribution in [3.63, 3.8) is 0 Å². The molecule has 2 heterocycles. The van der Waals surface area contributed by atoms with Crippen molar-refractivity contribution in [3.05, 3.63) is 71.8 Å². The van der Waals surface area contributed by atoms with Crippen molar-refractivity contribution in [1.82, 2.24) is 14.5 Å². The van der Waals surface area contributed by atoms with E-state index < -0.39 is 15.9 Å². The molecule has 1 aliphatic heterocycles. The fraction of sp³-hybridized carbons (Fsp3) is 0.192. The lowest BCUT2D eigenvalue weighted by Gasteiger charge is -2.20. The summed E-state index contributed by atoms with van der Waals surface area (Å²) in [7, 11) is -1.62. The van der Waals surface area contributed by atoms with E-state index in [1.54, 1.807) is 16.5 Å². The Hall–Kier alpha value is -4.38. The van der Waals surface area contributed by atoms with Gasteiger partial charge in [-0.2, -0.15) is 4.98 Å². The number of imidazole rings is 1. The number of amides is 2. The molecule has 0 spiro atoms. The minimum Gasteiger partial charge on any atom is -0.491 e. The van der Waals surface area contributed by atoms with Crippen LogP contribution in [-0.2, 0) is 23.4 Å². The van der Waals surface area contributed by atoms with Gasteiger partial charge < -0.3 is 20.1 Å². The minimum atomic E-state index is -3.35. The first kappa shape index (κ1) is 24.3. The number of ether oxygens (including phenoxy) is 2. The zero-order chi connectivity index (χ0) is 26.3. The summed E-state index contributed by atoms with van der Waals surface area (Å²) in [5, 5.41) is 0. The van der Waals surface area contributed by atoms with Crippen LogP contribution in [0.4, 0.5) is 4.79 Å². The topological polar surface area (TPSA) is 134 Å². The molecule has 37 heavy (non-hydrogen) atoms. The number of aromatic nitrogens is 2. The van der Waals surface area contributed by atoms with Crippen LogP contribution in [-0.4, -0.2) is 54.3 Å². The van der Waals surface area contributed by atoms with Crippen LogP contribution in [0.2, 0.25) is 0 Å². The molecule has 0 radical (unpaired) electrons. The average Bonchev–Trinajstić information content (AvgIpc) is 3.03. The van der Waals surface area contributed by atoms with Gasteiger partial charge in [0.2, 0.25) is 0 Å². The Bertz CT molecular complexity index is 1640. The maximum absolute atomic E-state index is 13.2. The second-order valence-corrected chi connectivity index (χ2v) is 10.8. The van der Waals surface area contributed by atoms with Gasteiger partial charge in [0.05, 0.1) is 22.5 Å². The molecule has 1 aliphatic rings. The van der Waals surface area contributed by atoms with Crippen molar-refractivity contribution in [2.45, 2.75) is 11.4 Å². The lowest BCUT2D eigenvalue weighted by atomic mass is 10.0. The molecule has 0 atom stereocenters. The lowest BCUT2D eigenvalue weighted by molar-refractivity contribution is 0.0733. The maximum atomic E-state index is 13.2. The molecule has 10 nitrogen and oxygen atoms in total. The summed E-state index contributed by atoms with van der Waals surface area (Å²) < 4.78 is 36.0. The molecule has 0 saturated carbocycles. The average molecular weight is 521 g/mol. The number of nitrogens with two attached hydrogens (primary N) is 1. The van der Waals surface area contributed by atoms with E-state index in [1.807, 2.05) is 36.4 Å². The lowest BCUT2D eigenvalue weighted by Crippen LogP contribution is -2.32. The van der Waals surface area contributed by atoms with Gasteiger partial charge in [-0.25, -0.2) is 13.2 Å². The Morgan fingerprint density at radius 3 is 2.43 bits per heavy atom. The standard InChI is InChI=1S/C26H24N4O6S/c1-29-22-14-18(5-9-21(22)28-26(29)36-25(27)32)17-6-10-23-19(13-17)15-30(11-12-35-23)24(31)16-3-7-20(8-4-16)37(2,33)34/h3-10,13-14H,11-12,15H2,1-2H3,(H2,27,32). The van der Waals surface area contributed by atoms with Crippen LogP contribution in [0.5, 0.6) is 11.8 Å². The monoisotopic (exact) mass is 520 g/mol. The number of aryl methyl sites for hydroxylation is 1. The van der Waals surface area contributed by atoms with Gasteiger partial charge >= 0.3 is 12.1 Å². The van der Waals surface area contributed by atoms with E-state index in [9.17, 15) is 18.0 Å². The van der Waals surface area contributed by atoms with Crippen LogP contribution >= 0.6 is 0 Å². The molecule has 4 aromatic rings. The van der Waals surface area contributed by atoms with Crippen LogP contribution < -0.4 is 15.2 Å². The van der Waals surface area contributed by atoms with Gasteiger partial charge in [0, 0.05) is 31.0 Å². The van der Waals surface area contributed by atoms with Gasteiger partial charge in [-0.15, -0.1) is 0 Å². The summed E-state index contributed by atoms with van der Waals surface area (Å²) in [4.78, 5) is 30.5. The second-order valence-electron chi connectivity index (χ2n) is 8.77. The fourth-order valence-electron chi connectivity index (χ4n) is 4.30. The smallest absolute Gasteiger partial charge is 0.412 e. The van der Waals surface area contributed by atoms with Crippen LogP contribution in [0.3, 0.4) is 0 Å². The van der Waals surface area contributed by atoms with E-state index in [0.29, 0.717) is 36.5 Å². The fourth-order valence-corrected chi connectivity index (χ4v) is 4.93. The molecule has 3 aromatic carbocycles. The number of rotatable bonds is 4. The number of sulfone groups is 1. The molecule has 0 saturated heterocycles. The van der Waals surface area contributed by atoms with Crippen LogP contribution in [0.15, 0.2) is 65.6 Å². The van der Waals surface area contributed by atoms with Crippen LogP contribution in [0, 0.1) is 0 Å². The zero-order valence-corrected chi connectivity index (χ0v) is 21.0. The predicted molar refractivity (Wildman–Crippen MR) is 136 cm³/mol. The highest BCUT2D eigenvalue weighted by Crippen LogP contribution is 2.32. The molecule has 1 aromatic heterocycles. The summed E-state index contributed by atoms with van der Waals surface area (Å²) in [6.07, 6.45) is 0.194. The summed E-state index contributed by atoms with van der Waals surface area (Å²) in [5.74, 6) is 0.491. The van der Waals surface area contributed by atoms with Crippen LogP contribution in [0.1, 0.15) is 15.9 Å². The van der Waals surface area contributed by atoms with E-state index in [2.05, 4.69) is 4.98 Å². The van der Waals surface area contributed by atoms with Crippen LogP contribution in [0.25, 0.3) is 22.2 Å². The number of hydrogen-bond acceptors (Lipinski definition) is 7. The maximum Gasteiger partial charge on any atom is 0.412 e. The van der Waals surface area contributed by atoms with Gasteiger partial charge in [-0.1, -0.05) is 12.1 Å². The van der Waals surface area contributed by atoms with E-state index in [1.165, 1.54) is 24.3 Å². The molecule has 0 bridgehead atoms. The van der Waals surface area contributed by atoms with Gasteiger partial charge in [-0.05, 0) is 59.7 Å². The second kappa shape index (κ2) is 9.25. The first-order valence-electron chi connectivity index (χ1n) is 11.4. The van der Waals surface area contributed by atoms with E-state index >= 15 is 0 Å². The largest absolute Gasteiger partial charge is 0.491 e. The van der Waals surface area contributed by atoms with Gasteiger partial charge in [0.15, 0.2) is 9.84 Å². The number of benzene rings is 3. The summed E-state index contributed by atoms with van der Waals surface area (Å²) in [6, 6.07) is 17.5. The first-order chi connectivity index (χ1) is 17.6. The number of carbonyl (C=O) groups excluding carboxylic acids is 2. The van der Waals surface area contributed by atoms with Crippen molar-refractivity contribution in [2.24, 2.45) is 12.8 Å². The predicted octanol–water partition coefficient (Wildman–Crippen LogP) is 3.14. The van der Waals surface area contributed by atoms with E-state index in [4.69, 9.17) is 15.2 Å². The zero-order valence-electron chi connectivity index (χ0n) is 20.2. The molecule has 0 unspecified atom stereocenters. The highest BCUT2D eigenvalue weighted by molar-refractivity contribution is 7.90. The third kappa shape index (κ3) is 4.85. The number of fused-ring (bicyclic) bond motifs is 2. The highest BCUT2D eigenvalue weighted by Gasteiger charge is 2.22. The summed E-state index contributed by atoms with van der Waals surface area (Å²) in [6.45, 7) is 1.06. The Labute approximate surface area is 213 Å². The molecule has 5 rings (SSSR count). The molecular weight excluding hydrogens is 496 g/mol. The third-order valence-electron chi connectivity index (χ3n) is 6.22. The molecule has 0 aliphatic carbocycles. The highest BCUT2D eigenvalue weighted by atomic mass is 32.2. The van der Waals surface area contributed by atoms with E-state index in [-0.39, 0.29) is 16.8 Å². The Balaban J connectivity index is 1.43. The summed E-state index contributed by atoms with van der Waals surface area (Å²) >= 11 is 0. The number of carbonyl (C=O) groups is 2. The van der Waals surface area contributed by atoms with Crippen molar-refractivity contribution in [2.75, 3.05) is 19.4 Å². The van der Waals surface area contributed by atoms with Crippen molar-refractivity contribution in [3.8, 4) is 22.9 Å². The molecule has 2 amide bonds. The van der Waals surface area contributed by atoms with E-state index in [0.717, 1.165) is 28.5 Å². The Morgan fingerprint density at radius 2 is 1.73 bits per heavy atom. The normalized spacial score (nSPS) is 13.5. The SMILES string of the molecule is Cn1c(OC(N)=O)nc2ccc(-c3ccc4c(c3)CN(C(=O)c3ccc(S(C)(=O)=O)cc3)CCO4)cc21. The Kier molecular flexibility index (Phi) is 6.08. The van der Waals surface area contributed by atoms with Crippen molar-refractivity contribution >= 4 is 32.9 Å². The number of hydrogen-bond donors (Lipinski definition) is 1. The minimum absolute atomic E-state index is 0.105. The van der Waals surface area contributed by atoms with Gasteiger partial charge in [0.25, 0.3) is 5.91 Å². The molecule has 2 N–H and O–H groups in total. The number of primary amides is 1. The van der Waals surface area contributed by atoms with Gasteiger partial charge in [0.1, 0.15) is 12.4 Å². The van der Waals surface area contributed by atoms with Crippen molar-refractivity contribution < 1.29 is 27.5 Å². The molecular formula is C26H24N4O6S. The quantitative estimate of drug-likeness (QED) is 0.437. The molecule has 0 fully saturated rings. The first-order valence-corrected chi connectivity index (χ1v) is 13.3. The summed E-state index contributed by atoms with van der Waals surface area (Å²) in [5.41, 5.74) is 9.61. The Morgan fingerprint density at radius 1 is 1.03 bits per heavy atom. The third-order valence-corrected chi connectivity index (χ3v) is 7.35. The van der Waals surface area contributed by atoms with Gasteiger partial charge in [-0.3, -0.25) is 9.36 Å². The van der Waals surface area contributed by atoms with Crippen molar-refractivity contribution in [1.29, 1.82) is 0 Å². The molecule has 190 valence electrons.